The van der Waals surface area contributed by atoms with E-state index in [1.807, 2.05) is 41.8 Å². The summed E-state index contributed by atoms with van der Waals surface area (Å²) in [5.74, 6) is -0.288. The van der Waals surface area contributed by atoms with E-state index in [1.54, 1.807) is 6.92 Å². The lowest BCUT2D eigenvalue weighted by Gasteiger charge is -2.14. The molecule has 0 saturated carbocycles. The van der Waals surface area contributed by atoms with Gasteiger partial charge in [-0.25, -0.2) is 0 Å². The van der Waals surface area contributed by atoms with Crippen LogP contribution in [-0.4, -0.2) is 18.0 Å². The van der Waals surface area contributed by atoms with E-state index < -0.39 is 12.1 Å². The standard InChI is InChI=1S/C18H21NO3S/c1-12(2)14-6-8-15(9-7-14)19-18(21)13(3)22-17(20)11-16-5-4-10-23-16/h4-10,12-13H,11H2,1-3H3,(H,19,21)/t13-/m0/s1. The van der Waals surface area contributed by atoms with Crippen LogP contribution in [0.2, 0.25) is 0 Å². The topological polar surface area (TPSA) is 55.4 Å². The van der Waals surface area contributed by atoms with Crippen LogP contribution in [0, 0.1) is 0 Å². The van der Waals surface area contributed by atoms with Gasteiger partial charge in [0.05, 0.1) is 6.42 Å². The molecule has 2 rings (SSSR count). The number of rotatable bonds is 6. The Morgan fingerprint density at radius 2 is 1.83 bits per heavy atom. The van der Waals surface area contributed by atoms with Crippen molar-refractivity contribution in [1.29, 1.82) is 0 Å². The van der Waals surface area contributed by atoms with E-state index in [1.165, 1.54) is 16.9 Å². The molecule has 1 aromatic carbocycles. The second kappa shape index (κ2) is 7.92. The van der Waals surface area contributed by atoms with Crippen molar-refractivity contribution in [3.8, 4) is 0 Å². The third-order valence-electron chi connectivity index (χ3n) is 3.42. The van der Waals surface area contributed by atoms with Gasteiger partial charge in [0.15, 0.2) is 6.10 Å². The highest BCUT2D eigenvalue weighted by molar-refractivity contribution is 7.10. The molecule has 0 aliphatic carbocycles. The summed E-state index contributed by atoms with van der Waals surface area (Å²) in [6, 6.07) is 11.4. The average Bonchev–Trinajstić information content (AvgIpc) is 3.00. The second-order valence-corrected chi connectivity index (χ2v) is 6.69. The van der Waals surface area contributed by atoms with E-state index >= 15 is 0 Å². The number of ether oxygens (including phenoxy) is 1. The maximum absolute atomic E-state index is 12.1. The molecule has 0 radical (unpaired) electrons. The van der Waals surface area contributed by atoms with Gasteiger partial charge in [-0.3, -0.25) is 9.59 Å². The third-order valence-corrected chi connectivity index (χ3v) is 4.30. The van der Waals surface area contributed by atoms with Crippen LogP contribution in [0.3, 0.4) is 0 Å². The first kappa shape index (κ1) is 17.2. The van der Waals surface area contributed by atoms with Gasteiger partial charge in [0.25, 0.3) is 5.91 Å². The van der Waals surface area contributed by atoms with Crippen LogP contribution in [0.15, 0.2) is 41.8 Å². The van der Waals surface area contributed by atoms with E-state index in [-0.39, 0.29) is 12.3 Å². The average molecular weight is 331 g/mol. The number of hydrogen-bond donors (Lipinski definition) is 1. The molecule has 0 fully saturated rings. The van der Waals surface area contributed by atoms with Gasteiger partial charge in [0.2, 0.25) is 0 Å². The lowest BCUT2D eigenvalue weighted by Crippen LogP contribution is -2.30. The molecule has 1 N–H and O–H groups in total. The minimum Gasteiger partial charge on any atom is -0.452 e. The molecular weight excluding hydrogens is 310 g/mol. The Morgan fingerprint density at radius 1 is 1.13 bits per heavy atom. The lowest BCUT2D eigenvalue weighted by atomic mass is 10.0. The Hall–Kier alpha value is -2.14. The summed E-state index contributed by atoms with van der Waals surface area (Å²) in [6.45, 7) is 5.80. The molecule has 0 saturated heterocycles. The van der Waals surface area contributed by atoms with Crippen LogP contribution >= 0.6 is 11.3 Å². The lowest BCUT2D eigenvalue weighted by molar-refractivity contribution is -0.152. The van der Waals surface area contributed by atoms with Crippen molar-refractivity contribution in [2.24, 2.45) is 0 Å². The van der Waals surface area contributed by atoms with Crippen LogP contribution in [0.1, 0.15) is 37.1 Å². The summed E-state index contributed by atoms with van der Waals surface area (Å²) in [5, 5.41) is 4.66. The van der Waals surface area contributed by atoms with Crippen LogP contribution in [0.4, 0.5) is 5.69 Å². The largest absolute Gasteiger partial charge is 0.452 e. The number of esters is 1. The smallest absolute Gasteiger partial charge is 0.311 e. The minimum absolute atomic E-state index is 0.193. The van der Waals surface area contributed by atoms with Crippen molar-refractivity contribution in [2.75, 3.05) is 5.32 Å². The van der Waals surface area contributed by atoms with Crippen molar-refractivity contribution in [3.05, 3.63) is 52.2 Å². The molecule has 0 aliphatic rings. The molecule has 1 amide bonds. The summed E-state index contributed by atoms with van der Waals surface area (Å²) < 4.78 is 5.18. The Morgan fingerprint density at radius 3 is 2.39 bits per heavy atom. The Kier molecular flexibility index (Phi) is 5.93. The molecule has 0 aliphatic heterocycles. The van der Waals surface area contributed by atoms with Crippen molar-refractivity contribution in [1.82, 2.24) is 0 Å². The number of amides is 1. The zero-order chi connectivity index (χ0) is 16.8. The predicted molar refractivity (Wildman–Crippen MR) is 92.7 cm³/mol. The first-order valence-electron chi connectivity index (χ1n) is 7.58. The fourth-order valence-electron chi connectivity index (χ4n) is 2.04. The van der Waals surface area contributed by atoms with E-state index in [0.29, 0.717) is 11.6 Å². The fraction of sp³-hybridized carbons (Fsp3) is 0.333. The molecule has 1 heterocycles. The number of carbonyl (C=O) groups is 2. The van der Waals surface area contributed by atoms with Gasteiger partial charge in [-0.1, -0.05) is 32.0 Å². The molecule has 122 valence electrons. The van der Waals surface area contributed by atoms with Crippen LogP contribution in [-0.2, 0) is 20.7 Å². The maximum Gasteiger partial charge on any atom is 0.311 e. The number of benzene rings is 1. The van der Waals surface area contributed by atoms with E-state index in [0.717, 1.165) is 4.88 Å². The highest BCUT2D eigenvalue weighted by Crippen LogP contribution is 2.17. The van der Waals surface area contributed by atoms with Gasteiger partial charge in [0.1, 0.15) is 0 Å². The quantitative estimate of drug-likeness (QED) is 0.815. The highest BCUT2D eigenvalue weighted by atomic mass is 32.1. The Labute approximate surface area is 140 Å². The van der Waals surface area contributed by atoms with Gasteiger partial charge >= 0.3 is 5.97 Å². The number of carbonyl (C=O) groups excluding carboxylic acids is 2. The second-order valence-electron chi connectivity index (χ2n) is 5.65. The molecule has 4 nitrogen and oxygen atoms in total. The zero-order valence-electron chi connectivity index (χ0n) is 13.5. The van der Waals surface area contributed by atoms with Crippen molar-refractivity contribution >= 4 is 28.9 Å². The molecule has 1 aromatic heterocycles. The predicted octanol–water partition coefficient (Wildman–Crippen LogP) is 3.98. The molecule has 0 spiro atoms. The van der Waals surface area contributed by atoms with E-state index in [9.17, 15) is 9.59 Å². The summed E-state index contributed by atoms with van der Waals surface area (Å²) in [6.07, 6.45) is -0.634. The summed E-state index contributed by atoms with van der Waals surface area (Å²) in [5.41, 5.74) is 1.90. The first-order valence-corrected chi connectivity index (χ1v) is 8.46. The van der Waals surface area contributed by atoms with Crippen molar-refractivity contribution in [3.63, 3.8) is 0 Å². The van der Waals surface area contributed by atoms with Gasteiger partial charge in [-0.15, -0.1) is 11.3 Å². The van der Waals surface area contributed by atoms with Gasteiger partial charge in [0, 0.05) is 10.6 Å². The molecule has 23 heavy (non-hydrogen) atoms. The number of hydrogen-bond acceptors (Lipinski definition) is 4. The third kappa shape index (κ3) is 5.21. The van der Waals surface area contributed by atoms with E-state index in [4.69, 9.17) is 4.74 Å². The summed E-state index contributed by atoms with van der Waals surface area (Å²) >= 11 is 1.49. The highest BCUT2D eigenvalue weighted by Gasteiger charge is 2.18. The van der Waals surface area contributed by atoms with Crippen LogP contribution in [0.25, 0.3) is 0 Å². The number of anilines is 1. The van der Waals surface area contributed by atoms with Crippen molar-refractivity contribution < 1.29 is 14.3 Å². The van der Waals surface area contributed by atoms with E-state index in [2.05, 4.69) is 19.2 Å². The van der Waals surface area contributed by atoms with Crippen LogP contribution < -0.4 is 5.32 Å². The molecule has 1 atom stereocenters. The SMILES string of the molecule is CC(C)c1ccc(NC(=O)[C@H](C)OC(=O)Cc2cccs2)cc1. The molecular formula is C18H21NO3S. The molecule has 0 bridgehead atoms. The minimum atomic E-state index is -0.827. The fourth-order valence-corrected chi connectivity index (χ4v) is 2.73. The Bertz CT molecular complexity index is 647. The molecule has 0 unspecified atom stereocenters. The van der Waals surface area contributed by atoms with Gasteiger partial charge in [-0.05, 0) is 42.0 Å². The Balaban J connectivity index is 1.85. The molecule has 2 aromatic rings. The van der Waals surface area contributed by atoms with Gasteiger partial charge < -0.3 is 10.1 Å². The van der Waals surface area contributed by atoms with Crippen LogP contribution in [0.5, 0.6) is 0 Å². The number of thiophene rings is 1. The molecule has 5 heteroatoms. The monoisotopic (exact) mass is 331 g/mol. The zero-order valence-corrected chi connectivity index (χ0v) is 14.4. The summed E-state index contributed by atoms with van der Waals surface area (Å²) in [7, 11) is 0. The maximum atomic E-state index is 12.1. The van der Waals surface area contributed by atoms with Gasteiger partial charge in [-0.2, -0.15) is 0 Å². The summed E-state index contributed by atoms with van der Waals surface area (Å²) in [4.78, 5) is 24.8. The normalized spacial score (nSPS) is 12.0. The van der Waals surface area contributed by atoms with Crippen molar-refractivity contribution in [2.45, 2.75) is 39.2 Å². The number of nitrogens with one attached hydrogen (secondary N) is 1. The first-order chi connectivity index (χ1) is 11.0.